The van der Waals surface area contributed by atoms with Gasteiger partial charge in [-0.2, -0.15) is 0 Å². The summed E-state index contributed by atoms with van der Waals surface area (Å²) in [5.41, 5.74) is 2.10. The predicted molar refractivity (Wildman–Crippen MR) is 78.2 cm³/mol. The van der Waals surface area contributed by atoms with E-state index in [1.807, 2.05) is 0 Å². The molecule has 7 heteroatoms. The van der Waals surface area contributed by atoms with E-state index in [9.17, 15) is 10.1 Å². The highest BCUT2D eigenvalue weighted by atomic mass is 35.5. The van der Waals surface area contributed by atoms with Gasteiger partial charge in [0.05, 0.1) is 15.5 Å². The molecule has 0 radical (unpaired) electrons. The minimum atomic E-state index is -0.445. The Kier molecular flexibility index (Phi) is 3.08. The lowest BCUT2D eigenvalue weighted by atomic mass is 10.2. The number of H-pyrrole nitrogens is 1. The predicted octanol–water partition coefficient (Wildman–Crippen LogP) is 4.44. The van der Waals surface area contributed by atoms with Gasteiger partial charge in [-0.1, -0.05) is 23.2 Å². The van der Waals surface area contributed by atoms with Gasteiger partial charge in [0.2, 0.25) is 0 Å². The van der Waals surface area contributed by atoms with Crippen LogP contribution < -0.4 is 0 Å². The van der Waals surface area contributed by atoms with E-state index in [-0.39, 0.29) is 5.69 Å². The Hall–Kier alpha value is -2.11. The third-order valence-corrected chi connectivity index (χ3v) is 3.36. The van der Waals surface area contributed by atoms with Crippen LogP contribution in [0.4, 0.5) is 5.69 Å². The van der Waals surface area contributed by atoms with E-state index < -0.39 is 4.92 Å². The van der Waals surface area contributed by atoms with Gasteiger partial charge in [0.25, 0.3) is 5.69 Å². The van der Waals surface area contributed by atoms with Crippen LogP contribution in [0.1, 0.15) is 0 Å². The van der Waals surface area contributed by atoms with Crippen molar-refractivity contribution in [3.8, 4) is 11.4 Å². The first-order valence-corrected chi connectivity index (χ1v) is 6.40. The highest BCUT2D eigenvalue weighted by Gasteiger charge is 2.11. The molecule has 0 saturated heterocycles. The Morgan fingerprint density at radius 1 is 1.15 bits per heavy atom. The third kappa shape index (κ3) is 2.21. The van der Waals surface area contributed by atoms with Crippen molar-refractivity contribution < 1.29 is 4.92 Å². The number of non-ortho nitro benzene ring substituents is 1. The molecule has 5 nitrogen and oxygen atoms in total. The Morgan fingerprint density at radius 3 is 2.50 bits per heavy atom. The number of nitro groups is 1. The molecule has 0 bridgehead atoms. The van der Waals surface area contributed by atoms with Crippen LogP contribution in [0.15, 0.2) is 36.4 Å². The SMILES string of the molecule is O=[N+]([O-])c1ccc(-c2nc3c(Cl)cc(Cl)cc3[nH]2)cc1. The van der Waals surface area contributed by atoms with Crippen LogP contribution in [0.3, 0.4) is 0 Å². The fraction of sp³-hybridized carbons (Fsp3) is 0. The summed E-state index contributed by atoms with van der Waals surface area (Å²) in [7, 11) is 0. The molecule has 0 aliphatic carbocycles. The number of nitrogens with one attached hydrogen (secondary N) is 1. The molecular formula is C13H7Cl2N3O2. The number of hydrogen-bond acceptors (Lipinski definition) is 3. The summed E-state index contributed by atoms with van der Waals surface area (Å²) in [6, 6.07) is 9.46. The Labute approximate surface area is 123 Å². The molecule has 1 heterocycles. The lowest BCUT2D eigenvalue weighted by Crippen LogP contribution is -1.87. The van der Waals surface area contributed by atoms with Crippen molar-refractivity contribution in [1.82, 2.24) is 9.97 Å². The van der Waals surface area contributed by atoms with E-state index >= 15 is 0 Å². The zero-order valence-corrected chi connectivity index (χ0v) is 11.4. The Morgan fingerprint density at radius 2 is 1.85 bits per heavy atom. The van der Waals surface area contributed by atoms with Gasteiger partial charge in [0.1, 0.15) is 11.3 Å². The van der Waals surface area contributed by atoms with Crippen LogP contribution in [0.25, 0.3) is 22.4 Å². The van der Waals surface area contributed by atoms with Crippen molar-refractivity contribution in [2.75, 3.05) is 0 Å². The summed E-state index contributed by atoms with van der Waals surface area (Å²) < 4.78 is 0. The summed E-state index contributed by atoms with van der Waals surface area (Å²) in [4.78, 5) is 17.7. The van der Waals surface area contributed by atoms with Crippen LogP contribution in [-0.4, -0.2) is 14.9 Å². The number of benzene rings is 2. The van der Waals surface area contributed by atoms with Crippen molar-refractivity contribution in [2.24, 2.45) is 0 Å². The number of rotatable bonds is 2. The lowest BCUT2D eigenvalue weighted by molar-refractivity contribution is -0.384. The maximum Gasteiger partial charge on any atom is 0.269 e. The number of aromatic nitrogens is 2. The minimum Gasteiger partial charge on any atom is -0.338 e. The van der Waals surface area contributed by atoms with Gasteiger partial charge in [0, 0.05) is 22.7 Å². The average molecular weight is 308 g/mol. The topological polar surface area (TPSA) is 71.8 Å². The number of hydrogen-bond donors (Lipinski definition) is 1. The van der Waals surface area contributed by atoms with Gasteiger partial charge in [0.15, 0.2) is 0 Å². The first-order chi connectivity index (χ1) is 9.54. The molecule has 0 aliphatic rings. The zero-order valence-electron chi connectivity index (χ0n) is 9.93. The van der Waals surface area contributed by atoms with Crippen molar-refractivity contribution in [3.63, 3.8) is 0 Å². The fourth-order valence-corrected chi connectivity index (χ4v) is 2.46. The van der Waals surface area contributed by atoms with Crippen LogP contribution >= 0.6 is 23.2 Å². The Balaban J connectivity index is 2.10. The summed E-state index contributed by atoms with van der Waals surface area (Å²) in [6.45, 7) is 0. The normalized spacial score (nSPS) is 10.9. The van der Waals surface area contributed by atoms with E-state index in [1.165, 1.54) is 12.1 Å². The maximum absolute atomic E-state index is 10.6. The number of aromatic amines is 1. The molecule has 0 atom stereocenters. The smallest absolute Gasteiger partial charge is 0.269 e. The van der Waals surface area contributed by atoms with Crippen LogP contribution in [0.2, 0.25) is 10.0 Å². The molecule has 3 rings (SSSR count). The summed E-state index contributed by atoms with van der Waals surface area (Å²) in [5.74, 6) is 0.582. The third-order valence-electron chi connectivity index (χ3n) is 2.86. The second-order valence-corrected chi connectivity index (χ2v) is 5.02. The molecule has 100 valence electrons. The monoisotopic (exact) mass is 307 g/mol. The highest BCUT2D eigenvalue weighted by molar-refractivity contribution is 6.38. The van der Waals surface area contributed by atoms with E-state index in [4.69, 9.17) is 23.2 Å². The lowest BCUT2D eigenvalue weighted by Gasteiger charge is -1.95. The highest BCUT2D eigenvalue weighted by Crippen LogP contribution is 2.29. The fourth-order valence-electron chi connectivity index (χ4n) is 1.92. The summed E-state index contributed by atoms with van der Waals surface area (Å²) in [6.07, 6.45) is 0. The molecule has 0 fully saturated rings. The molecule has 3 aromatic rings. The number of nitrogens with zero attached hydrogens (tertiary/aromatic N) is 2. The van der Waals surface area contributed by atoms with E-state index in [1.54, 1.807) is 24.3 Å². The van der Waals surface area contributed by atoms with Crippen molar-refractivity contribution in [2.45, 2.75) is 0 Å². The molecule has 0 spiro atoms. The quantitative estimate of drug-likeness (QED) is 0.561. The molecule has 2 aromatic carbocycles. The number of halogens is 2. The molecule has 1 aromatic heterocycles. The van der Waals surface area contributed by atoms with E-state index in [0.29, 0.717) is 21.4 Å². The van der Waals surface area contributed by atoms with Gasteiger partial charge in [-0.3, -0.25) is 10.1 Å². The Bertz CT molecular complexity index is 812. The number of fused-ring (bicyclic) bond motifs is 1. The molecule has 20 heavy (non-hydrogen) atoms. The molecular weight excluding hydrogens is 301 g/mol. The second kappa shape index (κ2) is 4.77. The van der Waals surface area contributed by atoms with Gasteiger partial charge >= 0.3 is 0 Å². The van der Waals surface area contributed by atoms with Crippen LogP contribution in [-0.2, 0) is 0 Å². The largest absolute Gasteiger partial charge is 0.338 e. The standard InChI is InChI=1S/C13H7Cl2N3O2/c14-8-5-10(15)12-11(6-8)16-13(17-12)7-1-3-9(4-2-7)18(19)20/h1-6H,(H,16,17). The van der Waals surface area contributed by atoms with Crippen LogP contribution in [0, 0.1) is 10.1 Å². The average Bonchev–Trinajstić information content (AvgIpc) is 2.83. The van der Waals surface area contributed by atoms with Crippen molar-refractivity contribution >= 4 is 39.9 Å². The van der Waals surface area contributed by atoms with Crippen LogP contribution in [0.5, 0.6) is 0 Å². The molecule has 0 aliphatic heterocycles. The maximum atomic E-state index is 10.6. The van der Waals surface area contributed by atoms with Crippen molar-refractivity contribution in [1.29, 1.82) is 0 Å². The molecule has 0 unspecified atom stereocenters. The van der Waals surface area contributed by atoms with E-state index in [2.05, 4.69) is 9.97 Å². The summed E-state index contributed by atoms with van der Waals surface area (Å²) >= 11 is 12.0. The first-order valence-electron chi connectivity index (χ1n) is 5.64. The van der Waals surface area contributed by atoms with Crippen molar-refractivity contribution in [3.05, 3.63) is 56.6 Å². The van der Waals surface area contributed by atoms with Gasteiger partial charge in [-0.05, 0) is 24.3 Å². The minimum absolute atomic E-state index is 0.0333. The molecule has 1 N–H and O–H groups in total. The van der Waals surface area contributed by atoms with Gasteiger partial charge in [-0.15, -0.1) is 0 Å². The molecule has 0 amide bonds. The van der Waals surface area contributed by atoms with E-state index in [0.717, 1.165) is 11.1 Å². The second-order valence-electron chi connectivity index (χ2n) is 4.17. The number of imidazole rings is 1. The number of nitro benzene ring substituents is 1. The molecule has 0 saturated carbocycles. The van der Waals surface area contributed by atoms with Gasteiger partial charge < -0.3 is 4.98 Å². The zero-order chi connectivity index (χ0) is 14.3. The summed E-state index contributed by atoms with van der Waals surface area (Å²) in [5, 5.41) is 11.6. The first kappa shape index (κ1) is 12.9. The van der Waals surface area contributed by atoms with Gasteiger partial charge in [-0.25, -0.2) is 4.98 Å².